The van der Waals surface area contributed by atoms with Crippen molar-refractivity contribution in [1.82, 2.24) is 4.90 Å². The number of hydrogen-bond acceptors (Lipinski definition) is 5. The number of thiocarbonyl (C=S) groups is 1. The number of amides is 1. The molecule has 3 rings (SSSR count). The van der Waals surface area contributed by atoms with E-state index in [-0.39, 0.29) is 5.91 Å². The van der Waals surface area contributed by atoms with Gasteiger partial charge < -0.3 is 4.74 Å². The molecule has 0 aliphatic carbocycles. The van der Waals surface area contributed by atoms with Crippen molar-refractivity contribution in [3.05, 3.63) is 52.9 Å². The van der Waals surface area contributed by atoms with Crippen LogP contribution in [0.2, 0.25) is 0 Å². The lowest BCUT2D eigenvalue weighted by Crippen LogP contribution is -2.42. The van der Waals surface area contributed by atoms with Gasteiger partial charge in [-0.15, -0.1) is 0 Å². The lowest BCUT2D eigenvalue weighted by Gasteiger charge is -2.20. The molecule has 0 aromatic heterocycles. The number of carbonyl (C=O) groups excluding carboxylic acids is 2. The fourth-order valence-electron chi connectivity index (χ4n) is 2.61. The minimum atomic E-state index is -0.735. The van der Waals surface area contributed by atoms with Crippen molar-refractivity contribution < 1.29 is 14.3 Å². The molecule has 24 heavy (non-hydrogen) atoms. The molecule has 0 saturated carbocycles. The standard InChI is InChI=1S/C18H15NO3S2/c1-11(17(21)22-2)19-16(20)15(24-18(19)23)10-13-8-5-7-12-6-3-4-9-14(12)13/h3-11H,1-2H3/b15-10-/t11-/m1/s1. The van der Waals surface area contributed by atoms with Gasteiger partial charge in [0.2, 0.25) is 0 Å². The van der Waals surface area contributed by atoms with Gasteiger partial charge in [-0.25, -0.2) is 4.79 Å². The zero-order valence-corrected chi connectivity index (χ0v) is 14.8. The third kappa shape index (κ3) is 2.95. The first-order valence-corrected chi connectivity index (χ1v) is 8.58. The Bertz CT molecular complexity index is 870. The van der Waals surface area contributed by atoms with Crippen LogP contribution in [0.3, 0.4) is 0 Å². The van der Waals surface area contributed by atoms with Crippen molar-refractivity contribution in [2.45, 2.75) is 13.0 Å². The number of methoxy groups -OCH3 is 1. The molecule has 1 aliphatic heterocycles. The summed E-state index contributed by atoms with van der Waals surface area (Å²) in [4.78, 5) is 26.2. The van der Waals surface area contributed by atoms with Crippen molar-refractivity contribution in [3.63, 3.8) is 0 Å². The van der Waals surface area contributed by atoms with Gasteiger partial charge in [-0.2, -0.15) is 0 Å². The van der Waals surface area contributed by atoms with Crippen LogP contribution < -0.4 is 0 Å². The van der Waals surface area contributed by atoms with E-state index in [9.17, 15) is 9.59 Å². The monoisotopic (exact) mass is 357 g/mol. The molecule has 1 saturated heterocycles. The highest BCUT2D eigenvalue weighted by Crippen LogP contribution is 2.35. The minimum Gasteiger partial charge on any atom is -0.467 e. The quantitative estimate of drug-likeness (QED) is 0.477. The highest BCUT2D eigenvalue weighted by molar-refractivity contribution is 8.26. The highest BCUT2D eigenvalue weighted by Gasteiger charge is 2.38. The average Bonchev–Trinajstić information content (AvgIpc) is 2.87. The fraction of sp³-hybridized carbons (Fsp3) is 0.167. The van der Waals surface area contributed by atoms with Gasteiger partial charge in [-0.3, -0.25) is 9.69 Å². The smallest absolute Gasteiger partial charge is 0.328 e. The van der Waals surface area contributed by atoms with Crippen LogP contribution in [-0.4, -0.2) is 34.2 Å². The van der Waals surface area contributed by atoms with Crippen LogP contribution in [-0.2, 0) is 14.3 Å². The summed E-state index contributed by atoms with van der Waals surface area (Å²) in [5.74, 6) is -0.756. The fourth-order valence-corrected chi connectivity index (χ4v) is 4.02. The van der Waals surface area contributed by atoms with Crippen molar-refractivity contribution >= 4 is 57.0 Å². The maximum Gasteiger partial charge on any atom is 0.328 e. The zero-order valence-electron chi connectivity index (χ0n) is 13.2. The zero-order chi connectivity index (χ0) is 17.3. The van der Waals surface area contributed by atoms with Gasteiger partial charge in [0, 0.05) is 0 Å². The van der Waals surface area contributed by atoms with Crippen molar-refractivity contribution in [2.24, 2.45) is 0 Å². The van der Waals surface area contributed by atoms with E-state index in [0.29, 0.717) is 9.23 Å². The first-order chi connectivity index (χ1) is 11.5. The Morgan fingerprint density at radius 3 is 2.71 bits per heavy atom. The van der Waals surface area contributed by atoms with Gasteiger partial charge in [0.15, 0.2) is 0 Å². The van der Waals surface area contributed by atoms with Gasteiger partial charge in [-0.1, -0.05) is 66.4 Å². The van der Waals surface area contributed by atoms with Gasteiger partial charge in [0.25, 0.3) is 5.91 Å². The van der Waals surface area contributed by atoms with Crippen LogP contribution in [0, 0.1) is 0 Å². The molecule has 0 radical (unpaired) electrons. The summed E-state index contributed by atoms with van der Waals surface area (Å²) < 4.78 is 5.08. The SMILES string of the molecule is COC(=O)[C@@H](C)N1C(=O)/C(=C/c2cccc3ccccc23)SC1=S. The van der Waals surface area contributed by atoms with E-state index in [0.717, 1.165) is 16.3 Å². The van der Waals surface area contributed by atoms with Gasteiger partial charge in [0.1, 0.15) is 10.4 Å². The molecule has 2 aromatic carbocycles. The summed E-state index contributed by atoms with van der Waals surface area (Å²) in [5.41, 5.74) is 0.944. The number of ether oxygens (including phenoxy) is 1. The molecule has 0 bridgehead atoms. The Labute approximate surface area is 149 Å². The number of thioether (sulfide) groups is 1. The Morgan fingerprint density at radius 2 is 1.96 bits per heavy atom. The maximum absolute atomic E-state index is 12.7. The van der Waals surface area contributed by atoms with Crippen molar-refractivity contribution in [1.29, 1.82) is 0 Å². The number of carbonyl (C=O) groups is 2. The number of fused-ring (bicyclic) bond motifs is 1. The topological polar surface area (TPSA) is 46.6 Å². The van der Waals surface area contributed by atoms with E-state index in [1.54, 1.807) is 6.92 Å². The van der Waals surface area contributed by atoms with Crippen LogP contribution in [0.4, 0.5) is 0 Å². The molecular weight excluding hydrogens is 342 g/mol. The third-order valence-electron chi connectivity index (χ3n) is 3.86. The molecule has 4 nitrogen and oxygen atoms in total. The Hall–Kier alpha value is -2.18. The number of nitrogens with zero attached hydrogens (tertiary/aromatic N) is 1. The lowest BCUT2D eigenvalue weighted by molar-refractivity contribution is -0.147. The predicted octanol–water partition coefficient (Wildman–Crippen LogP) is 3.60. The molecule has 1 fully saturated rings. The minimum absolute atomic E-state index is 0.268. The summed E-state index contributed by atoms with van der Waals surface area (Å²) in [6.45, 7) is 1.61. The van der Waals surface area contributed by atoms with Crippen LogP contribution in [0.5, 0.6) is 0 Å². The number of esters is 1. The number of hydrogen-bond donors (Lipinski definition) is 0. The molecule has 0 unspecified atom stereocenters. The summed E-state index contributed by atoms with van der Waals surface area (Å²) in [5, 5.41) is 2.16. The van der Waals surface area contributed by atoms with E-state index in [2.05, 4.69) is 0 Å². The molecule has 6 heteroatoms. The summed E-state index contributed by atoms with van der Waals surface area (Å²) in [7, 11) is 1.29. The maximum atomic E-state index is 12.7. The molecular formula is C18H15NO3S2. The number of benzene rings is 2. The van der Waals surface area contributed by atoms with Gasteiger partial charge in [0.05, 0.1) is 12.0 Å². The van der Waals surface area contributed by atoms with E-state index < -0.39 is 12.0 Å². The van der Waals surface area contributed by atoms with E-state index >= 15 is 0 Å². The second-order valence-electron chi connectivity index (χ2n) is 5.32. The van der Waals surface area contributed by atoms with Crippen molar-refractivity contribution in [3.8, 4) is 0 Å². The first-order valence-electron chi connectivity index (χ1n) is 7.35. The molecule has 1 heterocycles. The largest absolute Gasteiger partial charge is 0.467 e. The molecule has 1 atom stereocenters. The van der Waals surface area contributed by atoms with E-state index in [1.807, 2.05) is 48.5 Å². The molecule has 2 aromatic rings. The second kappa shape index (κ2) is 6.75. The third-order valence-corrected chi connectivity index (χ3v) is 5.19. The molecule has 0 spiro atoms. The summed E-state index contributed by atoms with van der Waals surface area (Å²) in [6, 6.07) is 13.2. The van der Waals surface area contributed by atoms with Gasteiger partial charge in [-0.05, 0) is 29.3 Å². The average molecular weight is 357 g/mol. The summed E-state index contributed by atoms with van der Waals surface area (Å²) >= 11 is 6.47. The Kier molecular flexibility index (Phi) is 4.69. The van der Waals surface area contributed by atoms with Crippen LogP contribution >= 0.6 is 24.0 Å². The first kappa shape index (κ1) is 16.7. The van der Waals surface area contributed by atoms with E-state index in [1.165, 1.54) is 23.8 Å². The molecule has 1 amide bonds. The van der Waals surface area contributed by atoms with E-state index in [4.69, 9.17) is 17.0 Å². The molecule has 0 N–H and O–H groups in total. The normalized spacial score (nSPS) is 17.6. The molecule has 1 aliphatic rings. The second-order valence-corrected chi connectivity index (χ2v) is 6.99. The molecule has 122 valence electrons. The lowest BCUT2D eigenvalue weighted by atomic mass is 10.0. The predicted molar refractivity (Wildman–Crippen MR) is 100 cm³/mol. The van der Waals surface area contributed by atoms with Crippen LogP contribution in [0.25, 0.3) is 16.8 Å². The van der Waals surface area contributed by atoms with Gasteiger partial charge >= 0.3 is 5.97 Å². The van der Waals surface area contributed by atoms with Crippen LogP contribution in [0.15, 0.2) is 47.4 Å². The van der Waals surface area contributed by atoms with Crippen molar-refractivity contribution in [2.75, 3.05) is 7.11 Å². The Morgan fingerprint density at radius 1 is 1.25 bits per heavy atom. The van der Waals surface area contributed by atoms with Crippen LogP contribution in [0.1, 0.15) is 12.5 Å². The summed E-state index contributed by atoms with van der Waals surface area (Å²) in [6.07, 6.45) is 1.83. The number of rotatable bonds is 3. The highest BCUT2D eigenvalue weighted by atomic mass is 32.2. The Balaban J connectivity index is 1.98.